The summed E-state index contributed by atoms with van der Waals surface area (Å²) in [6.07, 6.45) is -0.709. The van der Waals surface area contributed by atoms with Crippen molar-refractivity contribution in [3.05, 3.63) is 0 Å². The van der Waals surface area contributed by atoms with Crippen molar-refractivity contribution in [3.63, 3.8) is 0 Å². The van der Waals surface area contributed by atoms with Gasteiger partial charge in [0, 0.05) is 0 Å². The van der Waals surface area contributed by atoms with Crippen molar-refractivity contribution in [3.8, 4) is 0 Å². The summed E-state index contributed by atoms with van der Waals surface area (Å²) in [6.45, 7) is 8.10. The van der Waals surface area contributed by atoms with E-state index in [0.717, 1.165) is 0 Å². The lowest BCUT2D eigenvalue weighted by Crippen LogP contribution is -2.38. The number of carbonyl (C=O) groups excluding carboxylic acids is 3. The molecule has 0 bridgehead atoms. The van der Waals surface area contributed by atoms with Crippen LogP contribution in [-0.4, -0.2) is 42.4 Å². The average molecular weight is 287 g/mol. The minimum atomic E-state index is -0.709. The minimum absolute atomic E-state index is 0.0115. The molecule has 0 aliphatic rings. The highest BCUT2D eigenvalue weighted by Gasteiger charge is 2.16. The van der Waals surface area contributed by atoms with Gasteiger partial charge in [-0.05, 0) is 34.6 Å². The largest absolute Gasteiger partial charge is 0.461 e. The summed E-state index contributed by atoms with van der Waals surface area (Å²) in [5, 5.41) is 5.80. The second-order valence-electron chi connectivity index (χ2n) is 4.81. The molecule has 0 aromatic rings. The van der Waals surface area contributed by atoms with Crippen molar-refractivity contribution in [2.75, 3.05) is 13.2 Å². The van der Waals surface area contributed by atoms with Gasteiger partial charge in [0.1, 0.15) is 17.9 Å². The lowest BCUT2D eigenvalue weighted by molar-refractivity contribution is -0.135. The maximum Gasteiger partial charge on any atom is 0.408 e. The van der Waals surface area contributed by atoms with Crippen molar-refractivity contribution in [2.24, 2.45) is 5.10 Å². The standard InChI is InChI=1S/C12H21N3O5/c1-6-19-10(17)8(2)14-15-9(16)7-13-11(18)20-12(3,4)5/h6-7H2,1-5H3,(H,13,18)(H,15,16)/b14-8+. The van der Waals surface area contributed by atoms with Gasteiger partial charge in [-0.15, -0.1) is 0 Å². The highest BCUT2D eigenvalue weighted by Crippen LogP contribution is 2.05. The number of esters is 1. The number of amides is 2. The highest BCUT2D eigenvalue weighted by atomic mass is 16.6. The highest BCUT2D eigenvalue weighted by molar-refractivity contribution is 6.35. The minimum Gasteiger partial charge on any atom is -0.461 e. The van der Waals surface area contributed by atoms with Gasteiger partial charge in [0.15, 0.2) is 0 Å². The summed E-state index contributed by atoms with van der Waals surface area (Å²) in [6, 6.07) is 0. The molecule has 0 saturated carbocycles. The lowest BCUT2D eigenvalue weighted by Gasteiger charge is -2.19. The maximum atomic E-state index is 11.4. The third-order valence-electron chi connectivity index (χ3n) is 1.71. The predicted octanol–water partition coefficient (Wildman–Crippen LogP) is 0.566. The van der Waals surface area contributed by atoms with Crippen LogP contribution in [0.3, 0.4) is 0 Å². The van der Waals surface area contributed by atoms with Crippen molar-refractivity contribution in [1.82, 2.24) is 10.7 Å². The Morgan fingerprint density at radius 1 is 1.20 bits per heavy atom. The quantitative estimate of drug-likeness (QED) is 0.437. The van der Waals surface area contributed by atoms with Crippen LogP contribution in [-0.2, 0) is 19.1 Å². The number of ether oxygens (including phenoxy) is 2. The van der Waals surface area contributed by atoms with Gasteiger partial charge in [-0.25, -0.2) is 15.0 Å². The summed E-state index contributed by atoms with van der Waals surface area (Å²) in [4.78, 5) is 33.8. The summed E-state index contributed by atoms with van der Waals surface area (Å²) < 4.78 is 9.62. The monoisotopic (exact) mass is 287 g/mol. The molecule has 8 nitrogen and oxygen atoms in total. The van der Waals surface area contributed by atoms with E-state index in [-0.39, 0.29) is 18.9 Å². The average Bonchev–Trinajstić information content (AvgIpc) is 2.31. The van der Waals surface area contributed by atoms with E-state index < -0.39 is 23.6 Å². The molecule has 0 rings (SSSR count). The van der Waals surface area contributed by atoms with Gasteiger partial charge in [0.05, 0.1) is 6.61 Å². The van der Waals surface area contributed by atoms with Crippen LogP contribution in [0.1, 0.15) is 34.6 Å². The lowest BCUT2D eigenvalue weighted by atomic mass is 10.2. The van der Waals surface area contributed by atoms with Crippen LogP contribution >= 0.6 is 0 Å². The van der Waals surface area contributed by atoms with Crippen LogP contribution in [0.5, 0.6) is 0 Å². The molecule has 2 N–H and O–H groups in total. The van der Waals surface area contributed by atoms with Crippen LogP contribution in [0.15, 0.2) is 5.10 Å². The summed E-state index contributed by atoms with van der Waals surface area (Å²) >= 11 is 0. The molecule has 114 valence electrons. The molecule has 0 unspecified atom stereocenters. The van der Waals surface area contributed by atoms with Crippen LogP contribution in [0, 0.1) is 0 Å². The number of hydrogen-bond donors (Lipinski definition) is 2. The first-order valence-electron chi connectivity index (χ1n) is 6.12. The Balaban J connectivity index is 4.10. The fourth-order valence-corrected chi connectivity index (χ4v) is 0.934. The van der Waals surface area contributed by atoms with Crippen molar-refractivity contribution in [2.45, 2.75) is 40.2 Å². The second-order valence-corrected chi connectivity index (χ2v) is 4.81. The molecule has 0 atom stereocenters. The van der Waals surface area contributed by atoms with Gasteiger partial charge in [0.2, 0.25) is 0 Å². The number of nitrogens with one attached hydrogen (secondary N) is 2. The van der Waals surface area contributed by atoms with Crippen molar-refractivity contribution < 1.29 is 23.9 Å². The van der Waals surface area contributed by atoms with Crippen LogP contribution in [0.2, 0.25) is 0 Å². The molecular formula is C12H21N3O5. The summed E-state index contributed by atoms with van der Waals surface area (Å²) in [5.41, 5.74) is 1.49. The molecule has 0 heterocycles. The zero-order chi connectivity index (χ0) is 15.8. The normalized spacial score (nSPS) is 11.6. The number of rotatable bonds is 5. The second kappa shape index (κ2) is 8.13. The molecule has 0 aliphatic carbocycles. The van der Waals surface area contributed by atoms with Crippen molar-refractivity contribution >= 4 is 23.7 Å². The summed E-state index contributed by atoms with van der Waals surface area (Å²) in [7, 11) is 0. The van der Waals surface area contributed by atoms with Crippen LogP contribution < -0.4 is 10.7 Å². The summed E-state index contributed by atoms with van der Waals surface area (Å²) in [5.74, 6) is -1.20. The van der Waals surface area contributed by atoms with E-state index in [4.69, 9.17) is 4.74 Å². The van der Waals surface area contributed by atoms with Gasteiger partial charge in [-0.3, -0.25) is 4.79 Å². The molecule has 0 spiro atoms. The first-order valence-corrected chi connectivity index (χ1v) is 6.12. The Labute approximate surface area is 117 Å². The molecule has 0 saturated heterocycles. The van der Waals surface area contributed by atoms with Crippen LogP contribution in [0.4, 0.5) is 4.79 Å². The van der Waals surface area contributed by atoms with E-state index in [1.54, 1.807) is 27.7 Å². The third-order valence-corrected chi connectivity index (χ3v) is 1.71. The molecule has 2 amide bonds. The van der Waals surface area contributed by atoms with Gasteiger partial charge in [0.25, 0.3) is 5.91 Å². The van der Waals surface area contributed by atoms with E-state index in [9.17, 15) is 14.4 Å². The van der Waals surface area contributed by atoms with Crippen LogP contribution in [0.25, 0.3) is 0 Å². The Bertz CT molecular complexity index is 398. The molecule has 20 heavy (non-hydrogen) atoms. The Hall–Kier alpha value is -2.12. The fourth-order valence-electron chi connectivity index (χ4n) is 0.934. The number of hydrazone groups is 1. The van der Waals surface area contributed by atoms with Gasteiger partial charge < -0.3 is 14.8 Å². The van der Waals surface area contributed by atoms with Gasteiger partial charge >= 0.3 is 12.1 Å². The molecular weight excluding hydrogens is 266 g/mol. The van der Waals surface area contributed by atoms with E-state index in [2.05, 4.69) is 20.6 Å². The fraction of sp³-hybridized carbons (Fsp3) is 0.667. The number of hydrogen-bond acceptors (Lipinski definition) is 6. The van der Waals surface area contributed by atoms with Gasteiger partial charge in [-0.2, -0.15) is 5.10 Å². The maximum absolute atomic E-state index is 11.4. The zero-order valence-electron chi connectivity index (χ0n) is 12.4. The Morgan fingerprint density at radius 2 is 1.80 bits per heavy atom. The first kappa shape index (κ1) is 17.9. The number of alkyl carbamates (subject to hydrolysis) is 1. The SMILES string of the molecule is CCOC(=O)/C(C)=N/NC(=O)CNC(=O)OC(C)(C)C. The van der Waals surface area contributed by atoms with E-state index in [1.807, 2.05) is 0 Å². The molecule has 0 aromatic heterocycles. The first-order chi connectivity index (χ1) is 9.15. The van der Waals surface area contributed by atoms with E-state index >= 15 is 0 Å². The molecule has 0 radical (unpaired) electrons. The van der Waals surface area contributed by atoms with E-state index in [0.29, 0.717) is 0 Å². The predicted molar refractivity (Wildman–Crippen MR) is 72.1 cm³/mol. The molecule has 8 heteroatoms. The molecule has 0 aliphatic heterocycles. The molecule has 0 fully saturated rings. The zero-order valence-corrected chi connectivity index (χ0v) is 12.4. The topological polar surface area (TPSA) is 106 Å². The smallest absolute Gasteiger partial charge is 0.408 e. The Morgan fingerprint density at radius 3 is 2.30 bits per heavy atom. The third kappa shape index (κ3) is 8.90. The number of carbonyl (C=O) groups is 3. The van der Waals surface area contributed by atoms with Gasteiger partial charge in [-0.1, -0.05) is 0 Å². The number of nitrogens with zero attached hydrogens (tertiary/aromatic N) is 1. The Kier molecular flexibility index (Phi) is 7.27. The molecule has 0 aromatic carbocycles. The van der Waals surface area contributed by atoms with E-state index in [1.165, 1.54) is 6.92 Å². The van der Waals surface area contributed by atoms with Crippen molar-refractivity contribution in [1.29, 1.82) is 0 Å².